The van der Waals surface area contributed by atoms with Gasteiger partial charge in [0.1, 0.15) is 10.4 Å². The van der Waals surface area contributed by atoms with Crippen molar-refractivity contribution in [3.05, 3.63) is 28.5 Å². The van der Waals surface area contributed by atoms with Gasteiger partial charge in [0.05, 0.1) is 0 Å². The number of hydrogen-bond acceptors (Lipinski definition) is 2. The summed E-state index contributed by atoms with van der Waals surface area (Å²) in [5.74, 6) is 0.214. The Morgan fingerprint density at radius 1 is 1.67 bits per heavy atom. The van der Waals surface area contributed by atoms with Crippen LogP contribution < -0.4 is 0 Å². The molecule has 0 radical (unpaired) electrons. The van der Waals surface area contributed by atoms with Gasteiger partial charge in [-0.3, -0.25) is 0 Å². The average molecular weight is 228 g/mol. The minimum absolute atomic E-state index is 0.214. The molecule has 64 valence electrons. The predicted octanol–water partition coefficient (Wildman–Crippen LogP) is 2.37. The Balaban J connectivity index is 2.63. The molecule has 0 aliphatic heterocycles. The third-order valence-electron chi connectivity index (χ3n) is 1.58. The van der Waals surface area contributed by atoms with E-state index < -0.39 is 0 Å². The van der Waals surface area contributed by atoms with Gasteiger partial charge < -0.3 is 4.79 Å². The van der Waals surface area contributed by atoms with Crippen molar-refractivity contribution in [3.8, 4) is 0 Å². The maximum atomic E-state index is 10.7. The summed E-state index contributed by atoms with van der Waals surface area (Å²) in [6.07, 6.45) is 3.08. The van der Waals surface area contributed by atoms with E-state index in [1.54, 1.807) is 13.1 Å². The molecule has 0 fully saturated rings. The molecule has 0 amide bonds. The molecule has 0 saturated heterocycles. The maximum absolute atomic E-state index is 10.7. The van der Waals surface area contributed by atoms with Gasteiger partial charge in [0.15, 0.2) is 0 Å². The molecule has 0 aliphatic carbocycles. The molecule has 2 nitrogen and oxygen atoms in total. The molecular weight excluding hydrogens is 218 g/mol. The number of ketones is 1. The first-order valence-corrected chi connectivity index (χ1v) is 4.58. The highest BCUT2D eigenvalue weighted by atomic mass is 79.9. The van der Waals surface area contributed by atoms with Gasteiger partial charge in [0, 0.05) is 12.6 Å². The summed E-state index contributed by atoms with van der Waals surface area (Å²) in [6.45, 7) is 1.60. The summed E-state index contributed by atoms with van der Waals surface area (Å²) < 4.78 is 0.839. The number of halogens is 1. The van der Waals surface area contributed by atoms with Gasteiger partial charge in [-0.15, -0.1) is 0 Å². The lowest BCUT2D eigenvalue weighted by Crippen LogP contribution is -1.95. The number of carbonyl (C=O) groups is 1. The van der Waals surface area contributed by atoms with Gasteiger partial charge in [-0.05, 0) is 40.9 Å². The van der Waals surface area contributed by atoms with Crippen molar-refractivity contribution < 1.29 is 4.79 Å². The average Bonchev–Trinajstić information content (AvgIpc) is 2.03. The third-order valence-corrected chi connectivity index (χ3v) is 2.30. The van der Waals surface area contributed by atoms with Gasteiger partial charge in [-0.2, -0.15) is 0 Å². The summed E-state index contributed by atoms with van der Waals surface area (Å²) in [4.78, 5) is 14.8. The highest BCUT2D eigenvalue weighted by molar-refractivity contribution is 9.10. The van der Waals surface area contributed by atoms with Crippen molar-refractivity contribution >= 4 is 21.7 Å². The minimum Gasteiger partial charge on any atom is -0.300 e. The van der Waals surface area contributed by atoms with Crippen LogP contribution in [0.25, 0.3) is 0 Å². The first-order valence-electron chi connectivity index (χ1n) is 3.79. The van der Waals surface area contributed by atoms with E-state index >= 15 is 0 Å². The first kappa shape index (κ1) is 9.39. The zero-order valence-electron chi connectivity index (χ0n) is 6.88. The topological polar surface area (TPSA) is 30.0 Å². The normalized spacial score (nSPS) is 9.83. The van der Waals surface area contributed by atoms with Crippen LogP contribution in [-0.4, -0.2) is 10.8 Å². The maximum Gasteiger partial charge on any atom is 0.130 e. The summed E-state index contributed by atoms with van der Waals surface area (Å²) in [5, 5.41) is 0. The second-order valence-electron chi connectivity index (χ2n) is 2.66. The van der Waals surface area contributed by atoms with E-state index in [2.05, 4.69) is 20.9 Å². The number of aryl methyl sites for hydroxylation is 1. The molecule has 0 aromatic carbocycles. The van der Waals surface area contributed by atoms with Crippen molar-refractivity contribution in [2.75, 3.05) is 0 Å². The van der Waals surface area contributed by atoms with Crippen molar-refractivity contribution in [3.63, 3.8) is 0 Å². The number of carbonyl (C=O) groups excluding carboxylic acids is 1. The molecule has 3 heteroatoms. The van der Waals surface area contributed by atoms with Crippen LogP contribution in [0.4, 0.5) is 0 Å². The zero-order valence-corrected chi connectivity index (χ0v) is 8.47. The van der Waals surface area contributed by atoms with Crippen LogP contribution in [0, 0.1) is 0 Å². The van der Waals surface area contributed by atoms with Crippen molar-refractivity contribution in [1.29, 1.82) is 0 Å². The van der Waals surface area contributed by atoms with Gasteiger partial charge in [0.2, 0.25) is 0 Å². The number of aromatic nitrogens is 1. The molecule has 1 aromatic rings. The van der Waals surface area contributed by atoms with E-state index in [-0.39, 0.29) is 5.78 Å². The molecule has 1 aromatic heterocycles. The number of Topliss-reactive ketones (excluding diaryl/α,β-unsaturated/α-hetero) is 1. The smallest absolute Gasteiger partial charge is 0.130 e. The lowest BCUT2D eigenvalue weighted by atomic mass is 10.1. The molecular formula is C9H10BrNO. The zero-order chi connectivity index (χ0) is 8.97. The lowest BCUT2D eigenvalue weighted by molar-refractivity contribution is -0.116. The number of nitrogens with zero attached hydrogens (tertiary/aromatic N) is 1. The van der Waals surface area contributed by atoms with Gasteiger partial charge in [0.25, 0.3) is 0 Å². The van der Waals surface area contributed by atoms with Crippen LogP contribution in [0.5, 0.6) is 0 Å². The Bertz CT molecular complexity index is 286. The Kier molecular flexibility index (Phi) is 3.41. The summed E-state index contributed by atoms with van der Waals surface area (Å²) in [7, 11) is 0. The minimum atomic E-state index is 0.214. The van der Waals surface area contributed by atoms with E-state index in [4.69, 9.17) is 0 Å². The van der Waals surface area contributed by atoms with Gasteiger partial charge >= 0.3 is 0 Å². The number of pyridine rings is 1. The molecule has 1 heterocycles. The van der Waals surface area contributed by atoms with Crippen molar-refractivity contribution in [2.45, 2.75) is 19.8 Å². The summed E-state index contributed by atoms with van der Waals surface area (Å²) in [6, 6.07) is 3.85. The quantitative estimate of drug-likeness (QED) is 0.743. The molecule has 0 bridgehead atoms. The van der Waals surface area contributed by atoms with Crippen LogP contribution in [0.3, 0.4) is 0 Å². The Morgan fingerprint density at radius 3 is 3.00 bits per heavy atom. The second-order valence-corrected chi connectivity index (χ2v) is 3.41. The largest absolute Gasteiger partial charge is 0.300 e. The monoisotopic (exact) mass is 227 g/mol. The van der Waals surface area contributed by atoms with Crippen molar-refractivity contribution in [1.82, 2.24) is 4.98 Å². The summed E-state index contributed by atoms with van der Waals surface area (Å²) in [5.41, 5.74) is 1.09. The molecule has 0 N–H and O–H groups in total. The van der Waals surface area contributed by atoms with Gasteiger partial charge in [-0.25, -0.2) is 4.98 Å². The standard InChI is InChI=1S/C9H10BrNO/c1-7(12)4-5-8-3-2-6-11-9(8)10/h2-3,6H,4-5H2,1H3. The Morgan fingerprint density at radius 2 is 2.42 bits per heavy atom. The van der Waals surface area contributed by atoms with E-state index in [0.29, 0.717) is 6.42 Å². The molecule has 0 spiro atoms. The second kappa shape index (κ2) is 4.36. The highest BCUT2D eigenvalue weighted by Crippen LogP contribution is 2.14. The van der Waals surface area contributed by atoms with Crippen LogP contribution in [0.1, 0.15) is 18.9 Å². The van der Waals surface area contributed by atoms with E-state index in [9.17, 15) is 4.79 Å². The third kappa shape index (κ3) is 2.74. The molecule has 0 unspecified atom stereocenters. The Labute approximate surface area is 80.1 Å². The van der Waals surface area contributed by atoms with Crippen molar-refractivity contribution in [2.24, 2.45) is 0 Å². The molecule has 12 heavy (non-hydrogen) atoms. The molecule has 1 rings (SSSR count). The first-order chi connectivity index (χ1) is 5.70. The van der Waals surface area contributed by atoms with E-state index in [1.165, 1.54) is 0 Å². The predicted molar refractivity (Wildman–Crippen MR) is 50.9 cm³/mol. The lowest BCUT2D eigenvalue weighted by Gasteiger charge is -1.99. The summed E-state index contributed by atoms with van der Waals surface area (Å²) >= 11 is 3.32. The van der Waals surface area contributed by atoms with Crippen LogP contribution in [0.15, 0.2) is 22.9 Å². The van der Waals surface area contributed by atoms with E-state index in [1.807, 2.05) is 12.1 Å². The molecule has 0 saturated carbocycles. The highest BCUT2D eigenvalue weighted by Gasteiger charge is 2.00. The molecule has 0 aliphatic rings. The van der Waals surface area contributed by atoms with Crippen LogP contribution >= 0.6 is 15.9 Å². The Hall–Kier alpha value is -0.700. The van der Waals surface area contributed by atoms with E-state index in [0.717, 1.165) is 16.6 Å². The van der Waals surface area contributed by atoms with Crippen LogP contribution in [-0.2, 0) is 11.2 Å². The number of rotatable bonds is 3. The fourth-order valence-electron chi connectivity index (χ4n) is 0.917. The fourth-order valence-corrected chi connectivity index (χ4v) is 1.37. The SMILES string of the molecule is CC(=O)CCc1cccnc1Br. The van der Waals surface area contributed by atoms with Gasteiger partial charge in [-0.1, -0.05) is 6.07 Å². The number of hydrogen-bond donors (Lipinski definition) is 0. The fraction of sp³-hybridized carbons (Fsp3) is 0.333. The molecule has 0 atom stereocenters. The van der Waals surface area contributed by atoms with Crippen LogP contribution in [0.2, 0.25) is 0 Å².